The molecule has 31 heavy (non-hydrogen) atoms. The van der Waals surface area contributed by atoms with Crippen LogP contribution >= 0.6 is 0 Å². The van der Waals surface area contributed by atoms with E-state index in [2.05, 4.69) is 29.7 Å². The standard InChI is InChI=1S/C26H28N2O3/c1-3-20-12-14-21(15-13-20)31-19-26-27-24-10-4-5-11-25(24)28(26)16-7-17-30-23-9-6-8-22(18-23)29-2/h4-6,8-15,18H,3,7,16-17,19H2,1-2H3. The first-order chi connectivity index (χ1) is 15.3. The van der Waals surface area contributed by atoms with E-state index in [0.29, 0.717) is 13.2 Å². The Bertz CT molecular complexity index is 1120. The van der Waals surface area contributed by atoms with Gasteiger partial charge < -0.3 is 18.8 Å². The smallest absolute Gasteiger partial charge is 0.147 e. The van der Waals surface area contributed by atoms with Crippen LogP contribution in [0.3, 0.4) is 0 Å². The first-order valence-electron chi connectivity index (χ1n) is 10.7. The van der Waals surface area contributed by atoms with Gasteiger partial charge in [-0.05, 0) is 54.8 Å². The Hall–Kier alpha value is -3.47. The van der Waals surface area contributed by atoms with E-state index >= 15 is 0 Å². The summed E-state index contributed by atoms with van der Waals surface area (Å²) in [5.41, 5.74) is 3.40. The molecule has 3 aromatic carbocycles. The average molecular weight is 417 g/mol. The Labute approximate surface area is 183 Å². The van der Waals surface area contributed by atoms with E-state index in [1.807, 2.05) is 54.6 Å². The Kier molecular flexibility index (Phi) is 6.72. The average Bonchev–Trinajstić information content (AvgIpc) is 3.18. The predicted molar refractivity (Wildman–Crippen MR) is 123 cm³/mol. The number of para-hydroxylation sites is 2. The lowest BCUT2D eigenvalue weighted by atomic mass is 10.2. The zero-order chi connectivity index (χ0) is 21.5. The third kappa shape index (κ3) is 5.18. The van der Waals surface area contributed by atoms with Gasteiger partial charge in [0, 0.05) is 12.6 Å². The van der Waals surface area contributed by atoms with Gasteiger partial charge in [0.2, 0.25) is 0 Å². The minimum atomic E-state index is 0.427. The number of nitrogens with zero attached hydrogens (tertiary/aromatic N) is 2. The van der Waals surface area contributed by atoms with E-state index in [4.69, 9.17) is 19.2 Å². The number of benzene rings is 3. The van der Waals surface area contributed by atoms with Gasteiger partial charge >= 0.3 is 0 Å². The number of hydrogen-bond acceptors (Lipinski definition) is 4. The molecule has 0 bridgehead atoms. The van der Waals surface area contributed by atoms with Crippen molar-refractivity contribution >= 4 is 11.0 Å². The summed E-state index contributed by atoms with van der Waals surface area (Å²) in [5, 5.41) is 0. The summed E-state index contributed by atoms with van der Waals surface area (Å²) in [7, 11) is 1.66. The number of rotatable bonds is 10. The summed E-state index contributed by atoms with van der Waals surface area (Å²) in [6.07, 6.45) is 1.88. The fourth-order valence-electron chi connectivity index (χ4n) is 3.56. The summed E-state index contributed by atoms with van der Waals surface area (Å²) in [6, 6.07) is 24.1. The van der Waals surface area contributed by atoms with E-state index in [9.17, 15) is 0 Å². The minimum Gasteiger partial charge on any atom is -0.497 e. The van der Waals surface area contributed by atoms with Gasteiger partial charge in [-0.2, -0.15) is 0 Å². The zero-order valence-corrected chi connectivity index (χ0v) is 18.1. The Morgan fingerprint density at radius 2 is 1.65 bits per heavy atom. The molecule has 0 fully saturated rings. The molecule has 4 aromatic rings. The molecule has 0 unspecified atom stereocenters. The molecule has 0 atom stereocenters. The minimum absolute atomic E-state index is 0.427. The van der Waals surface area contributed by atoms with Crippen molar-refractivity contribution in [3.05, 3.63) is 84.2 Å². The van der Waals surface area contributed by atoms with Crippen LogP contribution in [0.2, 0.25) is 0 Å². The van der Waals surface area contributed by atoms with Gasteiger partial charge in [-0.15, -0.1) is 0 Å². The van der Waals surface area contributed by atoms with Crippen LogP contribution in [0.1, 0.15) is 24.7 Å². The van der Waals surface area contributed by atoms with Crippen molar-refractivity contribution in [1.82, 2.24) is 9.55 Å². The second-order valence-electron chi connectivity index (χ2n) is 7.34. The van der Waals surface area contributed by atoms with Gasteiger partial charge in [0.05, 0.1) is 24.8 Å². The lowest BCUT2D eigenvalue weighted by Gasteiger charge is -2.12. The third-order valence-electron chi connectivity index (χ3n) is 5.27. The lowest BCUT2D eigenvalue weighted by molar-refractivity contribution is 0.280. The molecular formula is C26H28N2O3. The van der Waals surface area contributed by atoms with Crippen molar-refractivity contribution in [3.8, 4) is 17.2 Å². The summed E-state index contributed by atoms with van der Waals surface area (Å²) in [5.74, 6) is 3.39. The second kappa shape index (κ2) is 10.0. The number of imidazole rings is 1. The maximum atomic E-state index is 6.03. The Morgan fingerprint density at radius 1 is 0.839 bits per heavy atom. The second-order valence-corrected chi connectivity index (χ2v) is 7.34. The van der Waals surface area contributed by atoms with E-state index in [0.717, 1.165) is 53.5 Å². The molecule has 0 saturated heterocycles. The van der Waals surface area contributed by atoms with Gasteiger partial charge in [-0.25, -0.2) is 4.98 Å². The molecule has 0 aliphatic carbocycles. The van der Waals surface area contributed by atoms with Gasteiger partial charge in [0.1, 0.15) is 29.7 Å². The highest BCUT2D eigenvalue weighted by atomic mass is 16.5. The summed E-state index contributed by atoms with van der Waals surface area (Å²) in [4.78, 5) is 4.80. The highest BCUT2D eigenvalue weighted by molar-refractivity contribution is 5.75. The quantitative estimate of drug-likeness (QED) is 0.313. The number of methoxy groups -OCH3 is 1. The van der Waals surface area contributed by atoms with E-state index < -0.39 is 0 Å². The fourth-order valence-corrected chi connectivity index (χ4v) is 3.56. The normalized spacial score (nSPS) is 10.9. The molecule has 0 spiro atoms. The first kappa shape index (κ1) is 20.8. The van der Waals surface area contributed by atoms with Crippen LogP contribution in [0, 0.1) is 0 Å². The summed E-state index contributed by atoms with van der Waals surface area (Å²) in [6.45, 7) is 3.99. The Balaban J connectivity index is 1.41. The molecule has 5 heteroatoms. The highest BCUT2D eigenvalue weighted by Crippen LogP contribution is 2.21. The molecule has 0 amide bonds. The van der Waals surface area contributed by atoms with Crippen molar-refractivity contribution in [1.29, 1.82) is 0 Å². The van der Waals surface area contributed by atoms with Crippen LogP contribution in [0.25, 0.3) is 11.0 Å². The molecule has 0 radical (unpaired) electrons. The largest absolute Gasteiger partial charge is 0.497 e. The number of ether oxygens (including phenoxy) is 3. The van der Waals surface area contributed by atoms with Crippen molar-refractivity contribution in [2.75, 3.05) is 13.7 Å². The van der Waals surface area contributed by atoms with Crippen LogP contribution in [-0.2, 0) is 19.6 Å². The first-order valence-corrected chi connectivity index (χ1v) is 10.7. The number of hydrogen-bond donors (Lipinski definition) is 0. The van der Waals surface area contributed by atoms with Crippen LogP contribution in [0.15, 0.2) is 72.8 Å². The summed E-state index contributed by atoms with van der Waals surface area (Å²) < 4.78 is 19.4. The van der Waals surface area contributed by atoms with E-state index in [1.165, 1.54) is 5.56 Å². The highest BCUT2D eigenvalue weighted by Gasteiger charge is 2.11. The monoisotopic (exact) mass is 416 g/mol. The van der Waals surface area contributed by atoms with E-state index in [1.54, 1.807) is 7.11 Å². The number of fused-ring (bicyclic) bond motifs is 1. The lowest BCUT2D eigenvalue weighted by Crippen LogP contribution is -2.10. The molecule has 0 N–H and O–H groups in total. The number of aryl methyl sites for hydroxylation is 2. The van der Waals surface area contributed by atoms with Gasteiger partial charge in [-0.1, -0.05) is 37.3 Å². The maximum Gasteiger partial charge on any atom is 0.147 e. The Morgan fingerprint density at radius 3 is 2.45 bits per heavy atom. The molecule has 1 heterocycles. The van der Waals surface area contributed by atoms with Gasteiger partial charge in [0.15, 0.2) is 0 Å². The van der Waals surface area contributed by atoms with Crippen molar-refractivity contribution in [2.24, 2.45) is 0 Å². The van der Waals surface area contributed by atoms with Gasteiger partial charge in [0.25, 0.3) is 0 Å². The fraction of sp³-hybridized carbons (Fsp3) is 0.269. The molecule has 0 saturated carbocycles. The van der Waals surface area contributed by atoms with Crippen molar-refractivity contribution in [2.45, 2.75) is 32.9 Å². The predicted octanol–water partition coefficient (Wildman–Crippen LogP) is 5.66. The molecule has 4 rings (SSSR count). The van der Waals surface area contributed by atoms with Crippen LogP contribution in [0.5, 0.6) is 17.2 Å². The van der Waals surface area contributed by atoms with Crippen LogP contribution in [0.4, 0.5) is 0 Å². The maximum absolute atomic E-state index is 6.03. The van der Waals surface area contributed by atoms with Crippen molar-refractivity contribution in [3.63, 3.8) is 0 Å². The molecule has 0 aliphatic heterocycles. The summed E-state index contributed by atoms with van der Waals surface area (Å²) >= 11 is 0. The molecule has 160 valence electrons. The molecule has 5 nitrogen and oxygen atoms in total. The van der Waals surface area contributed by atoms with E-state index in [-0.39, 0.29) is 0 Å². The zero-order valence-electron chi connectivity index (χ0n) is 18.1. The third-order valence-corrected chi connectivity index (χ3v) is 5.27. The molecule has 0 aliphatic rings. The molecular weight excluding hydrogens is 388 g/mol. The van der Waals surface area contributed by atoms with Gasteiger partial charge in [-0.3, -0.25) is 0 Å². The topological polar surface area (TPSA) is 45.5 Å². The van der Waals surface area contributed by atoms with Crippen LogP contribution in [-0.4, -0.2) is 23.3 Å². The number of aromatic nitrogens is 2. The SMILES string of the molecule is CCc1ccc(OCc2nc3ccccc3n2CCCOc2cccc(OC)c2)cc1. The molecule has 1 aromatic heterocycles. The van der Waals surface area contributed by atoms with Crippen molar-refractivity contribution < 1.29 is 14.2 Å². The van der Waals surface area contributed by atoms with Crippen LogP contribution < -0.4 is 14.2 Å².